The first kappa shape index (κ1) is 18.6. The van der Waals surface area contributed by atoms with Gasteiger partial charge in [0.05, 0.1) is 6.04 Å². The molecule has 0 spiro atoms. The van der Waals surface area contributed by atoms with Crippen molar-refractivity contribution in [1.82, 2.24) is 10.6 Å². The molecule has 2 amide bonds. The molecule has 1 aliphatic rings. The van der Waals surface area contributed by atoms with Crippen LogP contribution in [0.5, 0.6) is 0 Å². The van der Waals surface area contributed by atoms with Gasteiger partial charge in [-0.2, -0.15) is 0 Å². The molecule has 1 aromatic carbocycles. The van der Waals surface area contributed by atoms with Crippen LogP contribution in [0.3, 0.4) is 0 Å². The average molecular weight is 371 g/mol. The topological polar surface area (TPSA) is 58.2 Å². The predicted molar refractivity (Wildman–Crippen MR) is 105 cm³/mol. The van der Waals surface area contributed by atoms with Gasteiger partial charge in [0.2, 0.25) is 11.8 Å². The maximum absolute atomic E-state index is 12.4. The van der Waals surface area contributed by atoms with Crippen LogP contribution < -0.4 is 10.6 Å². The molecule has 1 saturated carbocycles. The van der Waals surface area contributed by atoms with Crippen LogP contribution in [-0.4, -0.2) is 17.9 Å². The van der Waals surface area contributed by atoms with Gasteiger partial charge in [-0.1, -0.05) is 48.7 Å². The molecule has 1 heterocycles. The molecule has 4 nitrogen and oxygen atoms in total. The summed E-state index contributed by atoms with van der Waals surface area (Å²) < 4.78 is 0. The molecule has 2 aromatic rings. The fourth-order valence-corrected chi connectivity index (χ4v) is 4.17. The Morgan fingerprint density at radius 1 is 1.08 bits per heavy atom. The second-order valence-electron chi connectivity index (χ2n) is 6.98. The summed E-state index contributed by atoms with van der Waals surface area (Å²) in [5, 5.41) is 8.14. The van der Waals surface area contributed by atoms with Crippen molar-refractivity contribution in [2.75, 3.05) is 0 Å². The summed E-state index contributed by atoms with van der Waals surface area (Å²) in [6.07, 6.45) is 4.95. The van der Waals surface area contributed by atoms with Crippen molar-refractivity contribution in [3.63, 3.8) is 0 Å². The van der Waals surface area contributed by atoms with Crippen LogP contribution >= 0.6 is 11.3 Å². The van der Waals surface area contributed by atoms with E-state index in [2.05, 4.69) is 22.8 Å². The van der Waals surface area contributed by atoms with E-state index >= 15 is 0 Å². The monoisotopic (exact) mass is 370 g/mol. The number of rotatable bonds is 7. The molecule has 2 N–H and O–H groups in total. The Morgan fingerprint density at radius 3 is 2.42 bits per heavy atom. The molecule has 5 heteroatoms. The van der Waals surface area contributed by atoms with E-state index in [1.54, 1.807) is 11.3 Å². The molecular weight excluding hydrogens is 344 g/mol. The molecule has 3 rings (SSSR count). The Bertz CT molecular complexity index is 719. The highest BCUT2D eigenvalue weighted by molar-refractivity contribution is 7.10. The number of nitrogens with one attached hydrogen (secondary N) is 2. The average Bonchev–Trinajstić information content (AvgIpc) is 3.33. The van der Waals surface area contributed by atoms with Gasteiger partial charge in [0.25, 0.3) is 0 Å². The zero-order chi connectivity index (χ0) is 18.4. The zero-order valence-electron chi connectivity index (χ0n) is 15.2. The van der Waals surface area contributed by atoms with E-state index < -0.39 is 0 Å². The highest BCUT2D eigenvalue weighted by atomic mass is 32.1. The van der Waals surface area contributed by atoms with Crippen LogP contribution in [0.2, 0.25) is 0 Å². The summed E-state index contributed by atoms with van der Waals surface area (Å²) in [5.41, 5.74) is 2.25. The molecule has 0 saturated heterocycles. The van der Waals surface area contributed by atoms with Crippen molar-refractivity contribution in [2.45, 2.75) is 57.5 Å². The molecule has 0 radical (unpaired) electrons. The van der Waals surface area contributed by atoms with Gasteiger partial charge in [0.1, 0.15) is 0 Å². The summed E-state index contributed by atoms with van der Waals surface area (Å²) in [4.78, 5) is 25.6. The first-order valence-electron chi connectivity index (χ1n) is 9.30. The number of carbonyl (C=O) groups excluding carboxylic acids is 2. The Labute approximate surface area is 159 Å². The molecule has 1 aliphatic carbocycles. The van der Waals surface area contributed by atoms with Crippen LogP contribution in [0.25, 0.3) is 0 Å². The van der Waals surface area contributed by atoms with Gasteiger partial charge in [0.15, 0.2) is 0 Å². The third-order valence-electron chi connectivity index (χ3n) is 4.84. The van der Waals surface area contributed by atoms with Crippen molar-refractivity contribution >= 4 is 23.2 Å². The molecule has 26 heavy (non-hydrogen) atoms. The van der Waals surface area contributed by atoms with Crippen molar-refractivity contribution in [2.24, 2.45) is 0 Å². The lowest BCUT2D eigenvalue weighted by Crippen LogP contribution is -2.34. The number of aryl methyl sites for hydroxylation is 1. The summed E-state index contributed by atoms with van der Waals surface area (Å²) >= 11 is 1.62. The Balaban J connectivity index is 1.57. The molecule has 1 atom stereocenters. The van der Waals surface area contributed by atoms with Gasteiger partial charge in [-0.3, -0.25) is 9.59 Å². The van der Waals surface area contributed by atoms with E-state index in [1.807, 2.05) is 36.6 Å². The van der Waals surface area contributed by atoms with Gasteiger partial charge < -0.3 is 10.6 Å². The SMILES string of the molecule is Cc1ccc(C(NC(=O)CCC(=O)NC2CCCC2)c2cccs2)cc1. The van der Waals surface area contributed by atoms with Gasteiger partial charge >= 0.3 is 0 Å². The summed E-state index contributed by atoms with van der Waals surface area (Å²) in [5.74, 6) is -0.111. The summed E-state index contributed by atoms with van der Waals surface area (Å²) in [6.45, 7) is 2.05. The second kappa shape index (κ2) is 8.99. The lowest BCUT2D eigenvalue weighted by Gasteiger charge is -2.18. The quantitative estimate of drug-likeness (QED) is 0.771. The maximum atomic E-state index is 12.4. The molecule has 0 bridgehead atoms. The standard InChI is InChI=1S/C21H26N2O2S/c1-15-8-10-16(11-9-15)21(18-7-4-14-26-18)23-20(25)13-12-19(24)22-17-5-2-3-6-17/h4,7-11,14,17,21H,2-3,5-6,12-13H2,1H3,(H,22,24)(H,23,25). The minimum absolute atomic E-state index is 0.0185. The second-order valence-corrected chi connectivity index (χ2v) is 7.95. The fraction of sp³-hybridized carbons (Fsp3) is 0.429. The molecule has 1 unspecified atom stereocenters. The maximum Gasteiger partial charge on any atom is 0.221 e. The smallest absolute Gasteiger partial charge is 0.221 e. The molecular formula is C21H26N2O2S. The van der Waals surface area contributed by atoms with Crippen molar-refractivity contribution in [1.29, 1.82) is 0 Å². The van der Waals surface area contributed by atoms with Gasteiger partial charge in [0, 0.05) is 23.8 Å². The van der Waals surface area contributed by atoms with Crippen LogP contribution in [0.4, 0.5) is 0 Å². The van der Waals surface area contributed by atoms with Crippen LogP contribution in [-0.2, 0) is 9.59 Å². The number of hydrogen-bond acceptors (Lipinski definition) is 3. The minimum atomic E-state index is -0.166. The van der Waals surface area contributed by atoms with Gasteiger partial charge in [-0.25, -0.2) is 0 Å². The number of amides is 2. The highest BCUT2D eigenvalue weighted by Crippen LogP contribution is 2.26. The van der Waals surface area contributed by atoms with E-state index in [1.165, 1.54) is 18.4 Å². The van der Waals surface area contributed by atoms with E-state index in [9.17, 15) is 9.59 Å². The molecule has 0 aliphatic heterocycles. The van der Waals surface area contributed by atoms with Gasteiger partial charge in [-0.05, 0) is 36.8 Å². The molecule has 1 fully saturated rings. The number of benzene rings is 1. The Morgan fingerprint density at radius 2 is 1.77 bits per heavy atom. The number of thiophene rings is 1. The van der Waals surface area contributed by atoms with Crippen LogP contribution in [0, 0.1) is 6.92 Å². The van der Waals surface area contributed by atoms with E-state index in [4.69, 9.17) is 0 Å². The lowest BCUT2D eigenvalue weighted by molar-refractivity contribution is -0.127. The zero-order valence-corrected chi connectivity index (χ0v) is 16.0. The van der Waals surface area contributed by atoms with Crippen LogP contribution in [0.1, 0.15) is 60.6 Å². The number of hydrogen-bond donors (Lipinski definition) is 2. The van der Waals surface area contributed by atoms with Crippen molar-refractivity contribution in [3.8, 4) is 0 Å². The van der Waals surface area contributed by atoms with Crippen LogP contribution in [0.15, 0.2) is 41.8 Å². The summed E-state index contributed by atoms with van der Waals surface area (Å²) in [6, 6.07) is 12.4. The van der Waals surface area contributed by atoms with E-state index in [0.717, 1.165) is 23.3 Å². The summed E-state index contributed by atoms with van der Waals surface area (Å²) in [7, 11) is 0. The third kappa shape index (κ3) is 5.18. The van der Waals surface area contributed by atoms with Crippen molar-refractivity contribution < 1.29 is 9.59 Å². The van der Waals surface area contributed by atoms with E-state index in [-0.39, 0.29) is 30.7 Å². The third-order valence-corrected chi connectivity index (χ3v) is 5.78. The first-order valence-corrected chi connectivity index (χ1v) is 10.2. The minimum Gasteiger partial charge on any atom is -0.353 e. The highest BCUT2D eigenvalue weighted by Gasteiger charge is 2.20. The molecule has 1 aromatic heterocycles. The Kier molecular flexibility index (Phi) is 6.45. The normalized spacial score (nSPS) is 15.6. The van der Waals surface area contributed by atoms with Crippen molar-refractivity contribution in [3.05, 3.63) is 57.8 Å². The fourth-order valence-electron chi connectivity index (χ4n) is 3.36. The van der Waals surface area contributed by atoms with E-state index in [0.29, 0.717) is 6.04 Å². The molecule has 138 valence electrons. The first-order chi connectivity index (χ1) is 12.6. The largest absolute Gasteiger partial charge is 0.353 e. The van der Waals surface area contributed by atoms with Gasteiger partial charge in [-0.15, -0.1) is 11.3 Å². The number of carbonyl (C=O) groups is 2. The predicted octanol–water partition coefficient (Wildman–Crippen LogP) is 4.10. The lowest BCUT2D eigenvalue weighted by atomic mass is 10.0. The Hall–Kier alpha value is -2.14.